The zero-order chi connectivity index (χ0) is 6.41. The molecule has 0 spiro atoms. The van der Waals surface area contributed by atoms with Crippen LogP contribution in [0.2, 0.25) is 0 Å². The van der Waals surface area contributed by atoms with Crippen molar-refractivity contribution in [3.05, 3.63) is 0 Å². The zero-order valence-corrected chi connectivity index (χ0v) is 8.27. The second-order valence-corrected chi connectivity index (χ2v) is 2.33. The number of carboxylic acids is 1. The summed E-state index contributed by atoms with van der Waals surface area (Å²) in [5.74, 6) is -0.703. The number of unbranched alkanes of at least 4 members (excludes halogenated alkanes) is 1. The fourth-order valence-corrected chi connectivity index (χ4v) is 0.767. The van der Waals surface area contributed by atoms with Gasteiger partial charge in [0.05, 0.1) is 0 Å². The Balaban J connectivity index is 0. The van der Waals surface area contributed by atoms with Crippen molar-refractivity contribution in [3.8, 4) is 0 Å². The number of halogens is 1. The molecule has 0 rings (SSSR count). The van der Waals surface area contributed by atoms with E-state index in [1.807, 2.05) is 0 Å². The summed E-state index contributed by atoms with van der Waals surface area (Å²) in [4.78, 5) is 9.86. The van der Waals surface area contributed by atoms with Gasteiger partial charge in [-0.3, -0.25) is 4.79 Å². The second-order valence-electron chi connectivity index (χ2n) is 1.54. The van der Waals surface area contributed by atoms with Crippen molar-refractivity contribution in [1.29, 1.82) is 0 Å². The van der Waals surface area contributed by atoms with E-state index >= 15 is 0 Å². The third-order valence-electron chi connectivity index (χ3n) is 0.774. The molecule has 0 aliphatic rings. The van der Waals surface area contributed by atoms with Crippen LogP contribution in [0.4, 0.5) is 0 Å². The van der Waals surface area contributed by atoms with Crippen molar-refractivity contribution < 1.29 is 9.90 Å². The van der Waals surface area contributed by atoms with Gasteiger partial charge in [-0.25, -0.2) is 0 Å². The first kappa shape index (κ1) is 12.1. The molecule has 0 saturated carbocycles. The van der Waals surface area contributed by atoms with E-state index in [1.54, 1.807) is 0 Å². The summed E-state index contributed by atoms with van der Waals surface area (Å²) in [7, 11) is 0. The van der Waals surface area contributed by atoms with Crippen molar-refractivity contribution in [3.63, 3.8) is 0 Å². The number of carbonyl (C=O) groups is 1. The predicted molar refractivity (Wildman–Crippen MR) is 46.4 cm³/mol. The average Bonchev–Trinajstić information content (AvgIpc) is 1.66. The molecule has 0 heterocycles. The van der Waals surface area contributed by atoms with Crippen LogP contribution in [0.1, 0.15) is 19.3 Å². The molecule has 0 saturated heterocycles. The van der Waals surface area contributed by atoms with Crippen molar-refractivity contribution in [2.24, 2.45) is 0 Å². The number of hydrogen-bond acceptors (Lipinski definition) is 1. The Bertz CT molecular complexity index is 77.4. The number of rotatable bonds is 4. The molecule has 0 aromatic heterocycles. The Morgan fingerprint density at radius 2 is 2.00 bits per heavy atom. The summed E-state index contributed by atoms with van der Waals surface area (Å²) >= 11 is 3.21. The number of alkyl halides is 1. The Labute approximate surface area is 66.8 Å². The minimum absolute atomic E-state index is 0. The molecule has 2 nitrogen and oxygen atoms in total. The van der Waals surface area contributed by atoms with Crippen molar-refractivity contribution in [2.45, 2.75) is 19.3 Å². The third-order valence-corrected chi connectivity index (χ3v) is 1.34. The molecule has 56 valence electrons. The van der Waals surface area contributed by atoms with Gasteiger partial charge in [-0.1, -0.05) is 15.9 Å². The summed E-state index contributed by atoms with van der Waals surface area (Å²) in [6, 6.07) is 0. The van der Waals surface area contributed by atoms with Gasteiger partial charge in [-0.05, 0) is 12.8 Å². The largest absolute Gasteiger partial charge is 0.481 e. The van der Waals surface area contributed by atoms with Gasteiger partial charge in [-0.2, -0.15) is 9.90 Å². The van der Waals surface area contributed by atoms with E-state index in [0.717, 1.165) is 18.2 Å². The monoisotopic (exact) mass is 214 g/mol. The molecule has 9 heavy (non-hydrogen) atoms. The fourth-order valence-electron chi connectivity index (χ4n) is 0.371. The maximum Gasteiger partial charge on any atom is 0.303 e. The highest BCUT2D eigenvalue weighted by Crippen LogP contribution is 1.97. The normalized spacial score (nSPS) is 8.11. The van der Waals surface area contributed by atoms with Crippen molar-refractivity contribution in [1.82, 2.24) is 0 Å². The van der Waals surface area contributed by atoms with E-state index < -0.39 is 5.97 Å². The highest BCUT2D eigenvalue weighted by Gasteiger charge is 1.93. The van der Waals surface area contributed by atoms with E-state index in [-0.39, 0.29) is 9.90 Å². The number of hydrogen-bond donors (Lipinski definition) is 1. The third kappa shape index (κ3) is 11.8. The minimum Gasteiger partial charge on any atom is -0.481 e. The maximum absolute atomic E-state index is 9.86. The molecule has 0 aliphatic heterocycles. The summed E-state index contributed by atoms with van der Waals surface area (Å²) in [5.41, 5.74) is 0. The average molecular weight is 215 g/mol. The van der Waals surface area contributed by atoms with Gasteiger partial charge in [0, 0.05) is 11.8 Å². The fraction of sp³-hybridized carbons (Fsp3) is 0.800. The van der Waals surface area contributed by atoms with Crippen LogP contribution in [0.3, 0.4) is 0 Å². The summed E-state index contributed by atoms with van der Waals surface area (Å²) in [6.07, 6.45) is 2.03. The van der Waals surface area contributed by atoms with Crippen LogP contribution < -0.4 is 0 Å². The van der Waals surface area contributed by atoms with Gasteiger partial charge >= 0.3 is 5.97 Å². The Kier molecular flexibility index (Phi) is 11.3. The molecule has 0 fully saturated rings. The molecule has 0 aromatic carbocycles. The van der Waals surface area contributed by atoms with Crippen LogP contribution in [0, 0.1) is 0 Å². The smallest absolute Gasteiger partial charge is 0.303 e. The molecule has 0 aliphatic carbocycles. The maximum atomic E-state index is 9.86. The van der Waals surface area contributed by atoms with Crippen LogP contribution in [0.5, 0.6) is 0 Å². The lowest BCUT2D eigenvalue weighted by atomic mass is 10.3. The second kappa shape index (κ2) is 8.38. The quantitative estimate of drug-likeness (QED) is 0.440. The standard InChI is InChI=1S/C5H9BrO2.H3P/c6-4-2-1-3-5(7)8;/h1-4H2,(H,7,8);1H3. The Morgan fingerprint density at radius 1 is 1.44 bits per heavy atom. The van der Waals surface area contributed by atoms with Crippen molar-refractivity contribution >= 4 is 31.8 Å². The molecular formula is C5H12BrO2P. The lowest BCUT2D eigenvalue weighted by molar-refractivity contribution is -0.137. The van der Waals surface area contributed by atoms with E-state index in [0.29, 0.717) is 6.42 Å². The molecule has 1 unspecified atom stereocenters. The molecule has 1 N–H and O–H groups in total. The molecule has 1 atom stereocenters. The van der Waals surface area contributed by atoms with Gasteiger partial charge in [-0.15, -0.1) is 0 Å². The van der Waals surface area contributed by atoms with E-state index in [9.17, 15) is 4.79 Å². The number of aliphatic carboxylic acids is 1. The first-order chi connectivity index (χ1) is 3.77. The molecular weight excluding hydrogens is 203 g/mol. The van der Waals surface area contributed by atoms with Crippen molar-refractivity contribution in [2.75, 3.05) is 5.33 Å². The molecule has 0 amide bonds. The Hall–Kier alpha value is 0.380. The Morgan fingerprint density at radius 3 is 2.33 bits per heavy atom. The molecule has 0 aromatic rings. The summed E-state index contributed by atoms with van der Waals surface area (Å²) in [5, 5.41) is 9.03. The first-order valence-corrected chi connectivity index (χ1v) is 3.67. The van der Waals surface area contributed by atoms with Gasteiger partial charge in [0.25, 0.3) is 0 Å². The van der Waals surface area contributed by atoms with E-state index in [2.05, 4.69) is 15.9 Å². The number of carboxylic acid groups (broad SMARTS) is 1. The van der Waals surface area contributed by atoms with E-state index in [4.69, 9.17) is 5.11 Å². The van der Waals surface area contributed by atoms with Crippen LogP contribution in [-0.2, 0) is 4.79 Å². The first-order valence-electron chi connectivity index (χ1n) is 2.55. The molecule has 0 bridgehead atoms. The van der Waals surface area contributed by atoms with Crippen LogP contribution in [0.15, 0.2) is 0 Å². The zero-order valence-electron chi connectivity index (χ0n) is 5.27. The highest BCUT2D eigenvalue weighted by atomic mass is 79.9. The van der Waals surface area contributed by atoms with Gasteiger partial charge < -0.3 is 5.11 Å². The summed E-state index contributed by atoms with van der Waals surface area (Å²) in [6.45, 7) is 0. The van der Waals surface area contributed by atoms with Gasteiger partial charge in [0.2, 0.25) is 0 Å². The van der Waals surface area contributed by atoms with E-state index in [1.165, 1.54) is 0 Å². The highest BCUT2D eigenvalue weighted by molar-refractivity contribution is 9.09. The summed E-state index contributed by atoms with van der Waals surface area (Å²) < 4.78 is 0. The van der Waals surface area contributed by atoms with Gasteiger partial charge in [0.15, 0.2) is 0 Å². The minimum atomic E-state index is -0.703. The van der Waals surface area contributed by atoms with Crippen LogP contribution in [0.25, 0.3) is 0 Å². The lowest BCUT2D eigenvalue weighted by Crippen LogP contribution is -1.93. The molecule has 0 radical (unpaired) electrons. The molecule has 4 heteroatoms. The van der Waals surface area contributed by atoms with Crippen LogP contribution >= 0.6 is 25.8 Å². The predicted octanol–water partition coefficient (Wildman–Crippen LogP) is 1.69. The van der Waals surface area contributed by atoms with Gasteiger partial charge in [0.1, 0.15) is 0 Å². The van der Waals surface area contributed by atoms with Crippen LogP contribution in [-0.4, -0.2) is 16.4 Å². The SMILES string of the molecule is O=C(O)CCCCBr.P. The lowest BCUT2D eigenvalue weighted by Gasteiger charge is -1.88. The topological polar surface area (TPSA) is 37.3 Å².